The molecule has 2 amide bonds. The van der Waals surface area contributed by atoms with Gasteiger partial charge in [0, 0.05) is 33.4 Å². The maximum Gasteiger partial charge on any atom is 0.326 e. The fraction of sp³-hybridized carbons (Fsp3) is 0.259. The van der Waals surface area contributed by atoms with E-state index < -0.39 is 0 Å². The number of hydrogen-bond donors (Lipinski definition) is 1. The molecule has 5 rings (SSSR count). The Morgan fingerprint density at radius 1 is 1.00 bits per heavy atom. The van der Waals surface area contributed by atoms with Crippen LogP contribution in [0.1, 0.15) is 24.0 Å². The Labute approximate surface area is 209 Å². The van der Waals surface area contributed by atoms with Crippen LogP contribution in [-0.2, 0) is 5.41 Å². The van der Waals surface area contributed by atoms with Gasteiger partial charge in [0.1, 0.15) is 0 Å². The van der Waals surface area contributed by atoms with Gasteiger partial charge in [-0.25, -0.2) is 4.79 Å². The lowest BCUT2D eigenvalue weighted by atomic mass is 9.74. The van der Waals surface area contributed by atoms with E-state index in [1.54, 1.807) is 18.2 Å². The molecule has 1 spiro atoms. The molecule has 0 radical (unpaired) electrons. The number of halogens is 2. The van der Waals surface area contributed by atoms with E-state index in [1.807, 2.05) is 41.3 Å². The maximum atomic E-state index is 13.4. The Balaban J connectivity index is 1.53. The molecule has 0 unspecified atom stereocenters. The number of nitrogens with one attached hydrogen (secondary N) is 1. The minimum Gasteiger partial charge on any atom is -0.307 e. The highest BCUT2D eigenvalue weighted by atomic mass is 35.5. The standard InChI is InChI=1S/C27H24Cl2N4O/c1-32-9-7-27(8-10-32)17-33(26(34)31-23-14-21(28)13-22(29)15-23)25-6-5-20(12-24(25)27)19-4-2-3-18(11-19)16-30/h2-6,11-15H,7-10,17H2,1H3,(H,31,34). The number of urea groups is 1. The van der Waals surface area contributed by atoms with Crippen LogP contribution in [0.5, 0.6) is 0 Å². The zero-order valence-electron chi connectivity index (χ0n) is 18.8. The van der Waals surface area contributed by atoms with Crippen molar-refractivity contribution in [3.8, 4) is 17.2 Å². The molecule has 0 atom stereocenters. The molecule has 2 aliphatic heterocycles. The number of rotatable bonds is 2. The van der Waals surface area contributed by atoms with E-state index in [4.69, 9.17) is 23.2 Å². The average Bonchev–Trinajstić information content (AvgIpc) is 3.14. The van der Waals surface area contributed by atoms with E-state index in [1.165, 1.54) is 5.56 Å². The highest BCUT2D eigenvalue weighted by molar-refractivity contribution is 6.35. The van der Waals surface area contributed by atoms with Gasteiger partial charge < -0.3 is 10.2 Å². The first kappa shape index (κ1) is 22.7. The number of hydrogen-bond acceptors (Lipinski definition) is 3. The summed E-state index contributed by atoms with van der Waals surface area (Å²) in [6, 6.07) is 21.0. The number of carbonyl (C=O) groups is 1. The first-order valence-corrected chi connectivity index (χ1v) is 12.0. The number of nitrogens with zero attached hydrogens (tertiary/aromatic N) is 3. The molecule has 0 aromatic heterocycles. The van der Waals surface area contributed by atoms with E-state index >= 15 is 0 Å². The van der Waals surface area contributed by atoms with Crippen LogP contribution in [0, 0.1) is 11.3 Å². The molecule has 1 fully saturated rings. The molecule has 2 aliphatic rings. The Morgan fingerprint density at radius 3 is 2.41 bits per heavy atom. The third kappa shape index (κ3) is 4.25. The summed E-state index contributed by atoms with van der Waals surface area (Å²) in [4.78, 5) is 17.6. The number of fused-ring (bicyclic) bond motifs is 2. The van der Waals surface area contributed by atoms with Crippen LogP contribution in [0.4, 0.5) is 16.2 Å². The molecular weight excluding hydrogens is 467 g/mol. The van der Waals surface area contributed by atoms with Gasteiger partial charge in [0.25, 0.3) is 0 Å². The molecule has 7 heteroatoms. The summed E-state index contributed by atoms with van der Waals surface area (Å²) in [7, 11) is 2.14. The van der Waals surface area contributed by atoms with Crippen molar-refractivity contribution in [1.29, 1.82) is 5.26 Å². The molecule has 3 aromatic rings. The fourth-order valence-electron chi connectivity index (χ4n) is 5.09. The molecule has 0 saturated carbocycles. The number of likely N-dealkylation sites (tertiary alicyclic amines) is 1. The lowest BCUT2D eigenvalue weighted by Crippen LogP contribution is -2.45. The van der Waals surface area contributed by atoms with E-state index in [0.29, 0.717) is 27.8 Å². The predicted octanol–water partition coefficient (Wildman–Crippen LogP) is 6.55. The van der Waals surface area contributed by atoms with E-state index in [-0.39, 0.29) is 11.4 Å². The van der Waals surface area contributed by atoms with Crippen LogP contribution in [-0.4, -0.2) is 37.6 Å². The van der Waals surface area contributed by atoms with Gasteiger partial charge in [-0.2, -0.15) is 5.26 Å². The second-order valence-electron chi connectivity index (χ2n) is 9.18. The summed E-state index contributed by atoms with van der Waals surface area (Å²) < 4.78 is 0. The van der Waals surface area contributed by atoms with Gasteiger partial charge in [0.15, 0.2) is 0 Å². The number of amides is 2. The van der Waals surface area contributed by atoms with Gasteiger partial charge in [0.2, 0.25) is 0 Å². The number of benzene rings is 3. The Morgan fingerprint density at radius 2 is 1.71 bits per heavy atom. The Bertz CT molecular complexity index is 1290. The molecule has 2 heterocycles. The van der Waals surface area contributed by atoms with E-state index in [9.17, 15) is 10.1 Å². The number of carbonyl (C=O) groups excluding carboxylic acids is 1. The molecule has 5 nitrogen and oxygen atoms in total. The lowest BCUT2D eigenvalue weighted by Gasteiger charge is -2.38. The van der Waals surface area contributed by atoms with Crippen molar-refractivity contribution in [2.75, 3.05) is 36.9 Å². The second-order valence-corrected chi connectivity index (χ2v) is 10.1. The van der Waals surface area contributed by atoms with E-state index in [0.717, 1.165) is 42.7 Å². The molecule has 0 aliphatic carbocycles. The van der Waals surface area contributed by atoms with Crippen LogP contribution < -0.4 is 10.2 Å². The largest absolute Gasteiger partial charge is 0.326 e. The lowest BCUT2D eigenvalue weighted by molar-refractivity contribution is 0.196. The summed E-state index contributed by atoms with van der Waals surface area (Å²) in [5.41, 5.74) is 5.27. The molecule has 172 valence electrons. The Kier molecular flexibility index (Phi) is 5.99. The van der Waals surface area contributed by atoms with Gasteiger partial charge >= 0.3 is 6.03 Å². The van der Waals surface area contributed by atoms with Gasteiger partial charge in [-0.15, -0.1) is 0 Å². The maximum absolute atomic E-state index is 13.4. The smallest absolute Gasteiger partial charge is 0.307 e. The normalized spacial score (nSPS) is 16.8. The summed E-state index contributed by atoms with van der Waals surface area (Å²) in [6.45, 7) is 2.58. The van der Waals surface area contributed by atoms with Crippen LogP contribution in [0.15, 0.2) is 60.7 Å². The van der Waals surface area contributed by atoms with Crippen LogP contribution in [0.25, 0.3) is 11.1 Å². The average molecular weight is 491 g/mol. The summed E-state index contributed by atoms with van der Waals surface area (Å²) in [5.74, 6) is 0. The highest BCUT2D eigenvalue weighted by Gasteiger charge is 2.46. The van der Waals surface area contributed by atoms with Crippen molar-refractivity contribution in [2.24, 2.45) is 0 Å². The SMILES string of the molecule is CN1CCC2(CC1)CN(C(=O)Nc1cc(Cl)cc(Cl)c1)c1ccc(-c3cccc(C#N)c3)cc12. The van der Waals surface area contributed by atoms with Crippen molar-refractivity contribution in [2.45, 2.75) is 18.3 Å². The first-order valence-electron chi connectivity index (χ1n) is 11.3. The summed E-state index contributed by atoms with van der Waals surface area (Å²) >= 11 is 12.3. The predicted molar refractivity (Wildman–Crippen MR) is 138 cm³/mol. The molecule has 0 bridgehead atoms. The zero-order valence-corrected chi connectivity index (χ0v) is 20.3. The van der Waals surface area contributed by atoms with Gasteiger partial charge in [-0.3, -0.25) is 4.90 Å². The minimum absolute atomic E-state index is 0.103. The number of piperidine rings is 1. The minimum atomic E-state index is -0.199. The third-order valence-corrected chi connectivity index (χ3v) is 7.38. The first-order chi connectivity index (χ1) is 16.4. The summed E-state index contributed by atoms with van der Waals surface area (Å²) in [5, 5.41) is 13.2. The highest BCUT2D eigenvalue weighted by Crippen LogP contribution is 2.48. The summed E-state index contributed by atoms with van der Waals surface area (Å²) in [6.07, 6.45) is 1.95. The van der Waals surface area contributed by atoms with Gasteiger partial charge in [-0.1, -0.05) is 41.4 Å². The fourth-order valence-corrected chi connectivity index (χ4v) is 5.62. The molecule has 1 N–H and O–H groups in total. The van der Waals surface area contributed by atoms with Crippen LogP contribution in [0.3, 0.4) is 0 Å². The topological polar surface area (TPSA) is 59.4 Å². The van der Waals surface area contributed by atoms with Crippen molar-refractivity contribution in [3.05, 3.63) is 81.8 Å². The Hall–Kier alpha value is -3.04. The van der Waals surface area contributed by atoms with Crippen LogP contribution >= 0.6 is 23.2 Å². The second kappa shape index (κ2) is 8.96. The van der Waals surface area contributed by atoms with Crippen molar-refractivity contribution >= 4 is 40.6 Å². The van der Waals surface area contributed by atoms with Crippen molar-refractivity contribution in [1.82, 2.24) is 4.90 Å². The monoisotopic (exact) mass is 490 g/mol. The van der Waals surface area contributed by atoms with E-state index in [2.05, 4.69) is 29.4 Å². The van der Waals surface area contributed by atoms with Crippen molar-refractivity contribution in [3.63, 3.8) is 0 Å². The molecule has 1 saturated heterocycles. The van der Waals surface area contributed by atoms with Crippen molar-refractivity contribution < 1.29 is 4.79 Å². The van der Waals surface area contributed by atoms with Crippen LogP contribution in [0.2, 0.25) is 10.0 Å². The number of anilines is 2. The molecule has 34 heavy (non-hydrogen) atoms. The molecule has 3 aromatic carbocycles. The molecular formula is C27H24Cl2N4O. The van der Waals surface area contributed by atoms with Gasteiger partial charge in [-0.05, 0) is 92.1 Å². The quantitative estimate of drug-likeness (QED) is 0.443. The number of nitriles is 1. The zero-order chi connectivity index (χ0) is 23.9. The van der Waals surface area contributed by atoms with Gasteiger partial charge in [0.05, 0.1) is 11.6 Å². The third-order valence-electron chi connectivity index (χ3n) is 6.95.